The van der Waals surface area contributed by atoms with Crippen LogP contribution in [0.15, 0.2) is 23.1 Å². The molecule has 0 saturated carbocycles. The number of hydrogen-bond donors (Lipinski definition) is 1. The van der Waals surface area contributed by atoms with Crippen LogP contribution in [0.3, 0.4) is 0 Å². The molecule has 0 unspecified atom stereocenters. The summed E-state index contributed by atoms with van der Waals surface area (Å²) in [6.45, 7) is 10.8. The summed E-state index contributed by atoms with van der Waals surface area (Å²) in [5.74, 6) is -0.301. The summed E-state index contributed by atoms with van der Waals surface area (Å²) < 4.78 is 24.7. The lowest BCUT2D eigenvalue weighted by Crippen LogP contribution is -2.41. The Balaban J connectivity index is 3.10. The molecule has 5 heteroatoms. The van der Waals surface area contributed by atoms with Gasteiger partial charge in [0.1, 0.15) is 0 Å². The maximum absolute atomic E-state index is 13.1. The topological polar surface area (TPSA) is 38.7 Å². The Morgan fingerprint density at radius 1 is 1.22 bits per heavy atom. The third-order valence-electron chi connectivity index (χ3n) is 3.53. The summed E-state index contributed by atoms with van der Waals surface area (Å²) >= 11 is 0. The third-order valence-corrected chi connectivity index (χ3v) is 3.53. The van der Waals surface area contributed by atoms with Gasteiger partial charge in [-0.1, -0.05) is 6.92 Å². The van der Waals surface area contributed by atoms with Gasteiger partial charge in [-0.3, -0.25) is 0 Å². The first kappa shape index (κ1) is 15.3. The van der Waals surface area contributed by atoms with Crippen LogP contribution in [-0.4, -0.2) is 23.4 Å². The van der Waals surface area contributed by atoms with Gasteiger partial charge in [-0.2, -0.15) is 0 Å². The molecular weight excluding hydrogens is 234 g/mol. The summed E-state index contributed by atoms with van der Waals surface area (Å²) in [6, 6.07) is 0. The lowest BCUT2D eigenvalue weighted by molar-refractivity contribution is 0.00578. The first-order chi connectivity index (χ1) is 8.10. The second-order valence-corrected chi connectivity index (χ2v) is 5.57. The molecule has 0 aliphatic carbocycles. The molecule has 1 heterocycles. The highest BCUT2D eigenvalue weighted by molar-refractivity contribution is 6.55. The molecule has 1 aliphatic heterocycles. The van der Waals surface area contributed by atoms with E-state index >= 15 is 0 Å². The average molecular weight is 256 g/mol. The Morgan fingerprint density at radius 2 is 1.67 bits per heavy atom. The monoisotopic (exact) mass is 256 g/mol. The third kappa shape index (κ3) is 2.95. The smallest absolute Gasteiger partial charge is 0.498 e. The summed E-state index contributed by atoms with van der Waals surface area (Å²) in [5.41, 5.74) is -0.652. The first-order valence-electron chi connectivity index (χ1n) is 6.22. The van der Waals surface area contributed by atoms with Gasteiger partial charge in [0.25, 0.3) is 0 Å². The van der Waals surface area contributed by atoms with Crippen LogP contribution in [0.2, 0.25) is 0 Å². The second kappa shape index (κ2) is 5.06. The predicted octanol–water partition coefficient (Wildman–Crippen LogP) is 3.71. The van der Waals surface area contributed by atoms with Crippen LogP contribution in [0.25, 0.3) is 0 Å². The summed E-state index contributed by atoms with van der Waals surface area (Å²) in [6.07, 6.45) is 1.67. The molecular formula is C13H22BFO3. The highest BCUT2D eigenvalue weighted by Crippen LogP contribution is 2.39. The normalized spacial score (nSPS) is 24.2. The molecule has 1 saturated heterocycles. The molecule has 1 fully saturated rings. The maximum atomic E-state index is 13.1. The second-order valence-electron chi connectivity index (χ2n) is 5.57. The minimum absolute atomic E-state index is 0.0884. The average Bonchev–Trinajstić information content (AvgIpc) is 2.43. The Kier molecular flexibility index (Phi) is 4.28. The number of hydrogen-bond acceptors (Lipinski definition) is 3. The number of halogens is 1. The van der Waals surface area contributed by atoms with Crippen LogP contribution in [0, 0.1) is 0 Å². The molecule has 102 valence electrons. The van der Waals surface area contributed by atoms with E-state index in [-0.39, 0.29) is 11.6 Å². The van der Waals surface area contributed by atoms with Crippen LogP contribution < -0.4 is 0 Å². The minimum Gasteiger partial charge on any atom is -0.513 e. The van der Waals surface area contributed by atoms with Gasteiger partial charge in [0.15, 0.2) is 0 Å². The van der Waals surface area contributed by atoms with Crippen LogP contribution in [0.5, 0.6) is 0 Å². The molecule has 0 amide bonds. The number of allylic oxidation sites excluding steroid dienone is 4. The summed E-state index contributed by atoms with van der Waals surface area (Å²) in [4.78, 5) is 0. The largest absolute Gasteiger partial charge is 0.513 e. The highest BCUT2D eigenvalue weighted by atomic mass is 19.1. The number of rotatable bonds is 3. The van der Waals surface area contributed by atoms with Crippen molar-refractivity contribution in [3.05, 3.63) is 23.1 Å². The molecule has 18 heavy (non-hydrogen) atoms. The quantitative estimate of drug-likeness (QED) is 0.475. The van der Waals surface area contributed by atoms with Gasteiger partial charge in [-0.15, -0.1) is 0 Å². The van der Waals surface area contributed by atoms with E-state index in [1.807, 2.05) is 27.7 Å². The fourth-order valence-electron chi connectivity index (χ4n) is 1.68. The highest BCUT2D eigenvalue weighted by Gasteiger charge is 2.52. The molecule has 0 bridgehead atoms. The Morgan fingerprint density at radius 3 is 2.00 bits per heavy atom. The maximum Gasteiger partial charge on any atom is 0.498 e. The Bertz CT molecular complexity index is 366. The number of aliphatic hydroxyl groups is 1. The minimum atomic E-state index is -0.736. The van der Waals surface area contributed by atoms with Gasteiger partial charge < -0.3 is 14.4 Å². The van der Waals surface area contributed by atoms with Crippen molar-refractivity contribution in [2.24, 2.45) is 0 Å². The van der Waals surface area contributed by atoms with E-state index in [1.54, 1.807) is 6.92 Å². The molecule has 1 rings (SSSR count). The Labute approximate surface area is 109 Å². The molecule has 0 atom stereocenters. The summed E-state index contributed by atoms with van der Waals surface area (Å²) in [7, 11) is -0.736. The van der Waals surface area contributed by atoms with Crippen molar-refractivity contribution >= 4 is 7.12 Å². The molecule has 0 aromatic rings. The molecule has 1 aliphatic rings. The van der Waals surface area contributed by atoms with Crippen molar-refractivity contribution in [2.75, 3.05) is 0 Å². The van der Waals surface area contributed by atoms with Gasteiger partial charge in [-0.25, -0.2) is 4.39 Å². The molecule has 0 radical (unpaired) electrons. The van der Waals surface area contributed by atoms with E-state index in [0.29, 0.717) is 11.9 Å². The SMILES string of the molecule is CC/C(O)=C(\C=C(\C)F)B1OC(C)(C)C(C)(C)O1. The molecule has 3 nitrogen and oxygen atoms in total. The molecule has 0 aromatic carbocycles. The van der Waals surface area contributed by atoms with E-state index in [9.17, 15) is 9.50 Å². The zero-order valence-electron chi connectivity index (χ0n) is 12.0. The fourth-order valence-corrected chi connectivity index (χ4v) is 1.68. The van der Waals surface area contributed by atoms with E-state index in [4.69, 9.17) is 9.31 Å². The van der Waals surface area contributed by atoms with Crippen molar-refractivity contribution in [3.63, 3.8) is 0 Å². The lowest BCUT2D eigenvalue weighted by Gasteiger charge is -2.32. The molecule has 0 spiro atoms. The van der Waals surface area contributed by atoms with Gasteiger partial charge in [0.2, 0.25) is 0 Å². The van der Waals surface area contributed by atoms with Crippen molar-refractivity contribution < 1.29 is 18.8 Å². The van der Waals surface area contributed by atoms with Gasteiger partial charge in [0, 0.05) is 11.9 Å². The van der Waals surface area contributed by atoms with E-state index in [2.05, 4.69) is 0 Å². The van der Waals surface area contributed by atoms with Crippen molar-refractivity contribution in [2.45, 2.75) is 59.2 Å². The molecule has 1 N–H and O–H groups in total. The Hall–Kier alpha value is -0.805. The van der Waals surface area contributed by atoms with Gasteiger partial charge in [-0.05, 0) is 40.7 Å². The standard InChI is InChI=1S/C13H22BFO3/c1-7-11(16)10(8-9(2)15)14-17-12(3,4)13(5,6)18-14/h8,16H,7H2,1-6H3/b9-8-,11-10-. The van der Waals surface area contributed by atoms with Crippen molar-refractivity contribution in [1.82, 2.24) is 0 Å². The van der Waals surface area contributed by atoms with Crippen molar-refractivity contribution in [3.8, 4) is 0 Å². The van der Waals surface area contributed by atoms with E-state index < -0.39 is 18.3 Å². The fraction of sp³-hybridized carbons (Fsp3) is 0.692. The predicted molar refractivity (Wildman–Crippen MR) is 70.9 cm³/mol. The lowest BCUT2D eigenvalue weighted by atomic mass is 9.76. The van der Waals surface area contributed by atoms with Crippen LogP contribution in [0.4, 0.5) is 4.39 Å². The van der Waals surface area contributed by atoms with Crippen molar-refractivity contribution in [1.29, 1.82) is 0 Å². The summed E-state index contributed by atoms with van der Waals surface area (Å²) in [5, 5.41) is 9.88. The van der Waals surface area contributed by atoms with Crippen LogP contribution in [-0.2, 0) is 9.31 Å². The van der Waals surface area contributed by atoms with Gasteiger partial charge >= 0.3 is 7.12 Å². The zero-order chi connectivity index (χ0) is 14.1. The van der Waals surface area contributed by atoms with E-state index in [0.717, 1.165) is 0 Å². The van der Waals surface area contributed by atoms with Crippen LogP contribution in [0.1, 0.15) is 48.0 Å². The van der Waals surface area contributed by atoms with Gasteiger partial charge in [0.05, 0.1) is 22.8 Å². The zero-order valence-corrected chi connectivity index (χ0v) is 12.0. The van der Waals surface area contributed by atoms with Crippen LogP contribution >= 0.6 is 0 Å². The first-order valence-corrected chi connectivity index (χ1v) is 6.22. The number of aliphatic hydroxyl groups excluding tert-OH is 1. The van der Waals surface area contributed by atoms with E-state index in [1.165, 1.54) is 13.0 Å². The molecule has 0 aromatic heterocycles.